The van der Waals surface area contributed by atoms with Crippen molar-refractivity contribution >= 4 is 34.2 Å². The molecule has 1 atom stereocenters. The van der Waals surface area contributed by atoms with E-state index in [0.717, 1.165) is 0 Å². The van der Waals surface area contributed by atoms with E-state index >= 15 is 0 Å². The zero-order valence-corrected chi connectivity index (χ0v) is 9.15. The summed E-state index contributed by atoms with van der Waals surface area (Å²) >= 11 is 6.07. The van der Waals surface area contributed by atoms with E-state index in [1.54, 1.807) is 10.8 Å². The SMILES string of the molecule is CC=C(SS)C(CC)SC. The van der Waals surface area contributed by atoms with E-state index < -0.39 is 0 Å². The van der Waals surface area contributed by atoms with Crippen molar-refractivity contribution in [1.82, 2.24) is 0 Å². The highest BCUT2D eigenvalue weighted by molar-refractivity contribution is 8.70. The topological polar surface area (TPSA) is 0 Å². The molecule has 0 spiro atoms. The number of thioether (sulfide) groups is 1. The summed E-state index contributed by atoms with van der Waals surface area (Å²) in [5, 5.41) is 0.646. The van der Waals surface area contributed by atoms with Crippen LogP contribution in [0, 0.1) is 0 Å². The Balaban J connectivity index is 3.97. The highest BCUT2D eigenvalue weighted by Crippen LogP contribution is 2.31. The molecular formula is C7H14S3. The minimum atomic E-state index is 0.646. The van der Waals surface area contributed by atoms with E-state index in [-0.39, 0.29) is 0 Å². The normalized spacial score (nSPS) is 15.4. The Morgan fingerprint density at radius 1 is 1.70 bits per heavy atom. The quantitative estimate of drug-likeness (QED) is 0.536. The van der Waals surface area contributed by atoms with Crippen molar-refractivity contribution in [2.75, 3.05) is 6.26 Å². The summed E-state index contributed by atoms with van der Waals surface area (Å²) in [5.41, 5.74) is 0. The van der Waals surface area contributed by atoms with Gasteiger partial charge in [-0.1, -0.05) is 23.8 Å². The van der Waals surface area contributed by atoms with Crippen molar-refractivity contribution in [3.63, 3.8) is 0 Å². The van der Waals surface area contributed by atoms with Crippen molar-refractivity contribution in [1.29, 1.82) is 0 Å². The molecule has 0 aliphatic heterocycles. The van der Waals surface area contributed by atoms with Crippen molar-refractivity contribution in [2.45, 2.75) is 25.5 Å². The van der Waals surface area contributed by atoms with Gasteiger partial charge >= 0.3 is 0 Å². The first-order valence-corrected chi connectivity index (χ1v) is 6.46. The van der Waals surface area contributed by atoms with Crippen molar-refractivity contribution < 1.29 is 0 Å². The summed E-state index contributed by atoms with van der Waals surface area (Å²) in [4.78, 5) is 1.37. The molecule has 3 heteroatoms. The number of hydrogen-bond acceptors (Lipinski definition) is 3. The van der Waals surface area contributed by atoms with Crippen molar-refractivity contribution in [3.8, 4) is 0 Å². The van der Waals surface area contributed by atoms with Crippen LogP contribution in [0.25, 0.3) is 0 Å². The third-order valence-corrected chi connectivity index (χ3v) is 4.03. The standard InChI is InChI=1S/C7H14S3/c1-4-6(9-3)7(5-2)10-8/h5-6,8H,4H2,1-3H3. The van der Waals surface area contributed by atoms with Crippen molar-refractivity contribution in [2.24, 2.45) is 0 Å². The predicted molar refractivity (Wildman–Crippen MR) is 57.9 cm³/mol. The molecule has 0 heterocycles. The largest absolute Gasteiger partial charge is 0.157 e. The molecule has 10 heavy (non-hydrogen) atoms. The maximum Gasteiger partial charge on any atom is 0.0356 e. The van der Waals surface area contributed by atoms with Gasteiger partial charge in [0.15, 0.2) is 0 Å². The van der Waals surface area contributed by atoms with Gasteiger partial charge in [-0.3, -0.25) is 0 Å². The molecule has 0 radical (unpaired) electrons. The summed E-state index contributed by atoms with van der Waals surface area (Å²) in [6, 6.07) is 0. The fourth-order valence-electron chi connectivity index (χ4n) is 0.781. The van der Waals surface area contributed by atoms with Gasteiger partial charge in [0.25, 0.3) is 0 Å². The van der Waals surface area contributed by atoms with Gasteiger partial charge in [0.2, 0.25) is 0 Å². The molecular weight excluding hydrogens is 180 g/mol. The van der Waals surface area contributed by atoms with Crippen LogP contribution in [0.4, 0.5) is 0 Å². The van der Waals surface area contributed by atoms with Gasteiger partial charge in [0.1, 0.15) is 0 Å². The van der Waals surface area contributed by atoms with E-state index in [1.807, 2.05) is 11.8 Å². The summed E-state index contributed by atoms with van der Waals surface area (Å²) in [6.07, 6.45) is 5.47. The Morgan fingerprint density at radius 3 is 2.40 bits per heavy atom. The van der Waals surface area contributed by atoms with Crippen LogP contribution >= 0.6 is 34.2 Å². The first kappa shape index (κ1) is 10.8. The lowest BCUT2D eigenvalue weighted by Crippen LogP contribution is -1.99. The molecule has 0 aromatic carbocycles. The van der Waals surface area contributed by atoms with E-state index in [1.165, 1.54) is 11.3 Å². The minimum absolute atomic E-state index is 0.646. The van der Waals surface area contributed by atoms with Gasteiger partial charge in [0.05, 0.1) is 0 Å². The van der Waals surface area contributed by atoms with Crippen LogP contribution in [0.3, 0.4) is 0 Å². The lowest BCUT2D eigenvalue weighted by atomic mass is 10.3. The summed E-state index contributed by atoms with van der Waals surface area (Å²) < 4.78 is 0. The second kappa shape index (κ2) is 6.50. The van der Waals surface area contributed by atoms with E-state index in [0.29, 0.717) is 5.25 Å². The van der Waals surface area contributed by atoms with Crippen LogP contribution < -0.4 is 0 Å². The number of allylic oxidation sites excluding steroid dienone is 1. The second-order valence-corrected chi connectivity index (χ2v) is 4.16. The van der Waals surface area contributed by atoms with Gasteiger partial charge in [-0.15, -0.1) is 11.7 Å². The predicted octanol–water partition coefficient (Wildman–Crippen LogP) is 3.61. The third kappa shape index (κ3) is 3.26. The fourth-order valence-corrected chi connectivity index (χ4v) is 3.22. The first-order valence-electron chi connectivity index (χ1n) is 3.30. The van der Waals surface area contributed by atoms with Crippen LogP contribution in [-0.4, -0.2) is 11.5 Å². The molecule has 0 rings (SSSR count). The molecule has 0 aliphatic rings. The summed E-state index contributed by atoms with van der Waals surface area (Å²) in [6.45, 7) is 4.27. The molecule has 1 unspecified atom stereocenters. The van der Waals surface area contributed by atoms with E-state index in [2.05, 4.69) is 37.8 Å². The average Bonchev–Trinajstić information content (AvgIpc) is 2.00. The molecule has 0 fully saturated rings. The van der Waals surface area contributed by atoms with Gasteiger partial charge in [0, 0.05) is 10.2 Å². The van der Waals surface area contributed by atoms with E-state index in [4.69, 9.17) is 0 Å². The summed E-state index contributed by atoms with van der Waals surface area (Å²) in [7, 11) is 1.56. The van der Waals surface area contributed by atoms with E-state index in [9.17, 15) is 0 Å². The highest BCUT2D eigenvalue weighted by Gasteiger charge is 2.08. The van der Waals surface area contributed by atoms with Gasteiger partial charge in [-0.05, 0) is 19.6 Å². The van der Waals surface area contributed by atoms with Gasteiger partial charge in [-0.2, -0.15) is 11.8 Å². The number of hydrogen-bond donors (Lipinski definition) is 1. The Morgan fingerprint density at radius 2 is 2.30 bits per heavy atom. The average molecular weight is 194 g/mol. The third-order valence-electron chi connectivity index (χ3n) is 1.36. The summed E-state index contributed by atoms with van der Waals surface area (Å²) in [5.74, 6) is 0. The zero-order chi connectivity index (χ0) is 7.98. The highest BCUT2D eigenvalue weighted by atomic mass is 33.1. The zero-order valence-electron chi connectivity index (χ0n) is 6.63. The Kier molecular flexibility index (Phi) is 7.01. The van der Waals surface area contributed by atoms with Crippen LogP contribution in [0.15, 0.2) is 11.0 Å². The van der Waals surface area contributed by atoms with Gasteiger partial charge in [-0.25, -0.2) is 0 Å². The Bertz CT molecular complexity index is 105. The van der Waals surface area contributed by atoms with Crippen LogP contribution in [0.1, 0.15) is 20.3 Å². The molecule has 0 N–H and O–H groups in total. The molecule has 0 saturated heterocycles. The Hall–Kier alpha value is 0.790. The maximum absolute atomic E-state index is 4.18. The molecule has 0 saturated carbocycles. The molecule has 0 amide bonds. The number of rotatable bonds is 4. The van der Waals surface area contributed by atoms with Crippen LogP contribution in [-0.2, 0) is 0 Å². The van der Waals surface area contributed by atoms with Crippen LogP contribution in [0.2, 0.25) is 0 Å². The Labute approximate surface area is 77.0 Å². The molecule has 0 bridgehead atoms. The second-order valence-electron chi connectivity index (χ2n) is 1.91. The lowest BCUT2D eigenvalue weighted by Gasteiger charge is -2.12. The lowest BCUT2D eigenvalue weighted by molar-refractivity contribution is 0.967. The molecule has 0 aliphatic carbocycles. The minimum Gasteiger partial charge on any atom is -0.157 e. The smallest absolute Gasteiger partial charge is 0.0356 e. The molecule has 60 valence electrons. The molecule has 0 aromatic heterocycles. The van der Waals surface area contributed by atoms with Gasteiger partial charge < -0.3 is 0 Å². The molecule has 0 aromatic rings. The molecule has 0 nitrogen and oxygen atoms in total. The monoisotopic (exact) mass is 194 g/mol. The first-order chi connectivity index (χ1) is 4.79. The number of thiol groups is 1. The van der Waals surface area contributed by atoms with Crippen molar-refractivity contribution in [3.05, 3.63) is 11.0 Å². The fraction of sp³-hybridized carbons (Fsp3) is 0.714. The van der Waals surface area contributed by atoms with Crippen LogP contribution in [0.5, 0.6) is 0 Å². The maximum atomic E-state index is 4.18.